The number of hydrogen-bond acceptors (Lipinski definition) is 2. The molecule has 0 saturated heterocycles. The van der Waals surface area contributed by atoms with Gasteiger partial charge in [-0.3, -0.25) is 0 Å². The number of nitrogens with zero attached hydrogens (tertiary/aromatic N) is 2. The van der Waals surface area contributed by atoms with Gasteiger partial charge in [0.2, 0.25) is 0 Å². The Morgan fingerprint density at radius 3 is 2.46 bits per heavy atom. The van der Waals surface area contributed by atoms with Gasteiger partial charge in [0.15, 0.2) is 0 Å². The molecule has 0 aliphatic rings. The third-order valence-corrected chi connectivity index (χ3v) is 1.94. The van der Waals surface area contributed by atoms with Crippen molar-refractivity contribution in [2.45, 2.75) is 6.92 Å². The number of benzene rings is 1. The van der Waals surface area contributed by atoms with E-state index in [0.29, 0.717) is 0 Å². The number of rotatable bonds is 2. The first kappa shape index (κ1) is 10.1. The third kappa shape index (κ3) is 2.74. The Labute approximate surface area is 83.8 Å². The molecule has 1 aromatic rings. The fourth-order valence-corrected chi connectivity index (χ4v) is 1.38. The molecule has 13 heavy (non-hydrogen) atoms. The molecule has 0 N–H and O–H groups in total. The fraction of sp³-hybridized carbons (Fsp3) is 0.300. The first-order chi connectivity index (χ1) is 6.11. The van der Waals surface area contributed by atoms with Crippen LogP contribution in [0.5, 0.6) is 0 Å². The highest BCUT2D eigenvalue weighted by atomic mass is 35.5. The van der Waals surface area contributed by atoms with Gasteiger partial charge in [-0.2, -0.15) is 5.10 Å². The van der Waals surface area contributed by atoms with Crippen molar-refractivity contribution in [1.29, 1.82) is 0 Å². The van der Waals surface area contributed by atoms with E-state index in [-0.39, 0.29) is 0 Å². The minimum Gasteiger partial charge on any atom is -0.303 e. The van der Waals surface area contributed by atoms with Crippen LogP contribution >= 0.6 is 11.6 Å². The van der Waals surface area contributed by atoms with E-state index in [9.17, 15) is 0 Å². The SMILES string of the molecule is C/C(=N/N(C)C)c1ccccc1Cl. The van der Waals surface area contributed by atoms with Crippen molar-refractivity contribution in [3.8, 4) is 0 Å². The summed E-state index contributed by atoms with van der Waals surface area (Å²) in [6.07, 6.45) is 0. The molecule has 0 aliphatic heterocycles. The highest BCUT2D eigenvalue weighted by molar-refractivity contribution is 6.34. The topological polar surface area (TPSA) is 15.6 Å². The standard InChI is InChI=1S/C10H13ClN2/c1-8(12-13(2)3)9-6-4-5-7-10(9)11/h4-7H,1-3H3/b12-8-. The summed E-state index contributed by atoms with van der Waals surface area (Å²) in [5.41, 5.74) is 1.91. The Bertz CT molecular complexity index is 318. The van der Waals surface area contributed by atoms with Crippen LogP contribution in [-0.2, 0) is 0 Å². The van der Waals surface area contributed by atoms with Gasteiger partial charge in [0, 0.05) is 24.7 Å². The highest BCUT2D eigenvalue weighted by Gasteiger charge is 2.01. The summed E-state index contributed by atoms with van der Waals surface area (Å²) >= 11 is 6.00. The number of halogens is 1. The maximum atomic E-state index is 6.00. The van der Waals surface area contributed by atoms with Crippen LogP contribution in [0.3, 0.4) is 0 Å². The Kier molecular flexibility index (Phi) is 3.32. The van der Waals surface area contributed by atoms with E-state index < -0.39 is 0 Å². The fourth-order valence-electron chi connectivity index (χ4n) is 1.11. The maximum Gasteiger partial charge on any atom is 0.0661 e. The molecule has 0 bridgehead atoms. The molecule has 2 nitrogen and oxygen atoms in total. The lowest BCUT2D eigenvalue weighted by atomic mass is 10.1. The molecule has 0 fully saturated rings. The molecule has 0 atom stereocenters. The quantitative estimate of drug-likeness (QED) is 0.525. The molecular formula is C10H13ClN2. The van der Waals surface area contributed by atoms with Gasteiger partial charge >= 0.3 is 0 Å². The smallest absolute Gasteiger partial charge is 0.0661 e. The van der Waals surface area contributed by atoms with Gasteiger partial charge in [-0.05, 0) is 13.0 Å². The molecule has 0 saturated carbocycles. The predicted molar refractivity (Wildman–Crippen MR) is 57.4 cm³/mol. The van der Waals surface area contributed by atoms with Crippen LogP contribution in [-0.4, -0.2) is 24.8 Å². The molecular weight excluding hydrogens is 184 g/mol. The molecule has 70 valence electrons. The summed E-state index contributed by atoms with van der Waals surface area (Å²) in [7, 11) is 3.78. The zero-order valence-electron chi connectivity index (χ0n) is 8.08. The van der Waals surface area contributed by atoms with Crippen molar-refractivity contribution in [2.75, 3.05) is 14.1 Å². The summed E-state index contributed by atoms with van der Waals surface area (Å²) < 4.78 is 0. The van der Waals surface area contributed by atoms with E-state index in [4.69, 9.17) is 11.6 Å². The molecule has 0 aromatic heterocycles. The van der Waals surface area contributed by atoms with Crippen molar-refractivity contribution >= 4 is 17.3 Å². The molecule has 0 spiro atoms. The first-order valence-electron chi connectivity index (χ1n) is 4.08. The van der Waals surface area contributed by atoms with Crippen molar-refractivity contribution < 1.29 is 0 Å². The average molecular weight is 197 g/mol. The predicted octanol–water partition coefficient (Wildman–Crippen LogP) is 2.63. The van der Waals surface area contributed by atoms with Gasteiger partial charge < -0.3 is 5.01 Å². The number of hydrazone groups is 1. The van der Waals surface area contributed by atoms with Crippen molar-refractivity contribution in [2.24, 2.45) is 5.10 Å². The van der Waals surface area contributed by atoms with Crippen LogP contribution < -0.4 is 0 Å². The lowest BCUT2D eigenvalue weighted by Crippen LogP contribution is -2.07. The second-order valence-electron chi connectivity index (χ2n) is 3.01. The van der Waals surface area contributed by atoms with Gasteiger partial charge in [-0.15, -0.1) is 0 Å². The highest BCUT2D eigenvalue weighted by Crippen LogP contribution is 2.15. The second kappa shape index (κ2) is 4.28. The Hall–Kier alpha value is -1.02. The van der Waals surface area contributed by atoms with Crippen LogP contribution in [0.15, 0.2) is 29.4 Å². The molecule has 1 rings (SSSR count). The van der Waals surface area contributed by atoms with Gasteiger partial charge in [0.1, 0.15) is 0 Å². The molecule has 0 amide bonds. The van der Waals surface area contributed by atoms with Gasteiger partial charge in [-0.25, -0.2) is 0 Å². The van der Waals surface area contributed by atoms with Crippen LogP contribution in [0, 0.1) is 0 Å². The van der Waals surface area contributed by atoms with Crippen LogP contribution in [0.25, 0.3) is 0 Å². The Morgan fingerprint density at radius 2 is 1.92 bits per heavy atom. The summed E-state index contributed by atoms with van der Waals surface area (Å²) in [5, 5.41) is 6.78. The Balaban J connectivity index is 3.02. The van der Waals surface area contributed by atoms with Crippen molar-refractivity contribution in [3.05, 3.63) is 34.9 Å². The monoisotopic (exact) mass is 196 g/mol. The minimum atomic E-state index is 0.741. The zero-order valence-corrected chi connectivity index (χ0v) is 8.84. The van der Waals surface area contributed by atoms with E-state index in [1.165, 1.54) is 0 Å². The summed E-state index contributed by atoms with van der Waals surface area (Å²) in [6, 6.07) is 7.70. The molecule has 1 aromatic carbocycles. The average Bonchev–Trinajstić information content (AvgIpc) is 2.03. The van der Waals surface area contributed by atoms with Gasteiger partial charge in [0.25, 0.3) is 0 Å². The molecule has 0 radical (unpaired) electrons. The molecule has 0 unspecified atom stereocenters. The summed E-state index contributed by atoms with van der Waals surface area (Å²) in [6.45, 7) is 1.95. The first-order valence-corrected chi connectivity index (χ1v) is 4.46. The minimum absolute atomic E-state index is 0.741. The van der Waals surface area contributed by atoms with Crippen LogP contribution in [0.1, 0.15) is 12.5 Å². The molecule has 0 aliphatic carbocycles. The second-order valence-corrected chi connectivity index (χ2v) is 3.42. The van der Waals surface area contributed by atoms with Gasteiger partial charge in [-0.1, -0.05) is 29.8 Å². The lowest BCUT2D eigenvalue weighted by molar-refractivity contribution is 0.438. The van der Waals surface area contributed by atoms with Crippen molar-refractivity contribution in [3.63, 3.8) is 0 Å². The summed E-state index contributed by atoms with van der Waals surface area (Å²) in [5.74, 6) is 0. The zero-order chi connectivity index (χ0) is 9.84. The summed E-state index contributed by atoms with van der Waals surface area (Å²) in [4.78, 5) is 0. The number of hydrogen-bond donors (Lipinski definition) is 0. The molecule has 3 heteroatoms. The lowest BCUT2D eigenvalue weighted by Gasteiger charge is -2.08. The van der Waals surface area contributed by atoms with Gasteiger partial charge in [0.05, 0.1) is 5.71 Å². The Morgan fingerprint density at radius 1 is 1.31 bits per heavy atom. The third-order valence-electron chi connectivity index (χ3n) is 1.61. The van der Waals surface area contributed by atoms with E-state index in [2.05, 4.69) is 5.10 Å². The molecule has 0 heterocycles. The normalized spacial score (nSPS) is 11.5. The van der Waals surface area contributed by atoms with Crippen molar-refractivity contribution in [1.82, 2.24) is 5.01 Å². The van der Waals surface area contributed by atoms with E-state index in [1.54, 1.807) is 5.01 Å². The maximum absolute atomic E-state index is 6.00. The van der Waals surface area contributed by atoms with Crippen LogP contribution in [0.2, 0.25) is 5.02 Å². The van der Waals surface area contributed by atoms with E-state index >= 15 is 0 Å². The van der Waals surface area contributed by atoms with E-state index in [1.807, 2.05) is 45.3 Å². The van der Waals surface area contributed by atoms with E-state index in [0.717, 1.165) is 16.3 Å². The van der Waals surface area contributed by atoms with Crippen LogP contribution in [0.4, 0.5) is 0 Å². The largest absolute Gasteiger partial charge is 0.303 e.